The zero-order chi connectivity index (χ0) is 18.4. The van der Waals surface area contributed by atoms with E-state index in [-0.39, 0.29) is 18.3 Å². The van der Waals surface area contributed by atoms with E-state index in [1.807, 2.05) is 18.2 Å². The number of ether oxygens (including phenoxy) is 2. The molecule has 0 unspecified atom stereocenters. The lowest BCUT2D eigenvalue weighted by Gasteiger charge is -2.09. The van der Waals surface area contributed by atoms with E-state index in [1.54, 1.807) is 6.07 Å². The molecule has 136 valence electrons. The first-order chi connectivity index (χ1) is 13.2. The summed E-state index contributed by atoms with van der Waals surface area (Å²) in [6.45, 7) is 0.190. The fourth-order valence-electron chi connectivity index (χ4n) is 3.22. The molecule has 0 radical (unpaired) electrons. The van der Waals surface area contributed by atoms with Crippen LogP contribution in [-0.4, -0.2) is 22.9 Å². The molecule has 2 N–H and O–H groups in total. The van der Waals surface area contributed by atoms with E-state index >= 15 is 0 Å². The molecule has 1 saturated carbocycles. The van der Waals surface area contributed by atoms with Gasteiger partial charge in [-0.15, -0.1) is 0 Å². The van der Waals surface area contributed by atoms with Crippen LogP contribution in [0.1, 0.15) is 34.8 Å². The van der Waals surface area contributed by atoms with Crippen molar-refractivity contribution in [3.8, 4) is 22.8 Å². The largest absolute Gasteiger partial charge is 0.454 e. The predicted molar refractivity (Wildman–Crippen MR) is 96.5 cm³/mol. The summed E-state index contributed by atoms with van der Waals surface area (Å²) in [4.78, 5) is 12.7. The van der Waals surface area contributed by atoms with Crippen LogP contribution < -0.4 is 14.8 Å². The van der Waals surface area contributed by atoms with E-state index in [1.165, 1.54) is 18.2 Å². The number of amides is 1. The van der Waals surface area contributed by atoms with Gasteiger partial charge in [-0.2, -0.15) is 5.10 Å². The Morgan fingerprint density at radius 3 is 2.81 bits per heavy atom. The molecule has 2 aliphatic rings. The number of aromatic nitrogens is 2. The molecule has 1 aliphatic carbocycles. The van der Waals surface area contributed by atoms with Gasteiger partial charge in [-0.05, 0) is 49.2 Å². The van der Waals surface area contributed by atoms with Crippen LogP contribution in [0.3, 0.4) is 0 Å². The minimum Gasteiger partial charge on any atom is -0.454 e. The second-order valence-electron chi connectivity index (χ2n) is 6.67. The number of carbonyl (C=O) groups excluding carboxylic acids is 1. The highest BCUT2D eigenvalue weighted by molar-refractivity contribution is 6.06. The highest BCUT2D eigenvalue weighted by Gasteiger charge is 2.31. The van der Waals surface area contributed by atoms with Gasteiger partial charge in [0.25, 0.3) is 5.91 Å². The maximum atomic E-state index is 13.5. The van der Waals surface area contributed by atoms with Crippen molar-refractivity contribution in [1.82, 2.24) is 10.2 Å². The summed E-state index contributed by atoms with van der Waals surface area (Å²) in [5.41, 5.74) is 3.21. The van der Waals surface area contributed by atoms with E-state index in [0.29, 0.717) is 28.8 Å². The average Bonchev–Trinajstić information content (AvgIpc) is 3.26. The maximum Gasteiger partial charge on any atom is 0.255 e. The second-order valence-corrected chi connectivity index (χ2v) is 6.67. The molecule has 1 fully saturated rings. The molecule has 0 bridgehead atoms. The molecule has 5 rings (SSSR count). The van der Waals surface area contributed by atoms with Crippen molar-refractivity contribution in [1.29, 1.82) is 0 Å². The molecule has 2 heterocycles. The fourth-order valence-corrected chi connectivity index (χ4v) is 3.22. The second kappa shape index (κ2) is 6.12. The molecule has 0 atom stereocenters. The molecule has 0 spiro atoms. The molecule has 1 amide bonds. The van der Waals surface area contributed by atoms with Crippen molar-refractivity contribution in [3.63, 3.8) is 0 Å². The van der Waals surface area contributed by atoms with Gasteiger partial charge in [0.2, 0.25) is 6.79 Å². The van der Waals surface area contributed by atoms with Gasteiger partial charge in [-0.25, -0.2) is 4.39 Å². The van der Waals surface area contributed by atoms with Gasteiger partial charge in [-0.1, -0.05) is 6.07 Å². The molecule has 2 aromatic carbocycles. The number of benzene rings is 2. The monoisotopic (exact) mass is 365 g/mol. The zero-order valence-electron chi connectivity index (χ0n) is 14.3. The molecule has 3 aromatic rings. The lowest BCUT2D eigenvalue weighted by atomic mass is 10.1. The van der Waals surface area contributed by atoms with E-state index in [0.717, 1.165) is 24.1 Å². The molecular formula is C20H16FN3O3. The van der Waals surface area contributed by atoms with E-state index in [2.05, 4.69) is 15.5 Å². The van der Waals surface area contributed by atoms with Crippen LogP contribution in [-0.2, 0) is 0 Å². The number of aromatic amines is 1. The summed E-state index contributed by atoms with van der Waals surface area (Å²) >= 11 is 0. The van der Waals surface area contributed by atoms with Crippen LogP contribution in [0.15, 0.2) is 42.5 Å². The summed E-state index contributed by atoms with van der Waals surface area (Å²) in [5.74, 6) is 0.851. The van der Waals surface area contributed by atoms with Crippen LogP contribution in [0.5, 0.6) is 11.5 Å². The van der Waals surface area contributed by atoms with Gasteiger partial charge in [0.1, 0.15) is 11.5 Å². The number of anilines is 1. The van der Waals surface area contributed by atoms with Crippen LogP contribution in [0.4, 0.5) is 10.1 Å². The highest BCUT2D eigenvalue weighted by Crippen LogP contribution is 2.46. The first kappa shape index (κ1) is 15.9. The number of nitrogens with one attached hydrogen (secondary N) is 2. The van der Waals surface area contributed by atoms with Crippen LogP contribution in [0.2, 0.25) is 0 Å². The quantitative estimate of drug-likeness (QED) is 0.731. The first-order valence-electron chi connectivity index (χ1n) is 8.74. The maximum absolute atomic E-state index is 13.5. The SMILES string of the molecule is O=C(Nc1c(-c2ccc3c(c2)OCO3)n[nH]c1C1CC1)c1cccc(F)c1. The van der Waals surface area contributed by atoms with Crippen molar-refractivity contribution in [2.24, 2.45) is 0 Å². The third kappa shape index (κ3) is 2.91. The fraction of sp³-hybridized carbons (Fsp3) is 0.200. The normalized spacial score (nSPS) is 15.0. The number of carbonyl (C=O) groups is 1. The molecule has 1 aliphatic heterocycles. The standard InChI is InChI=1S/C20H16FN3O3/c21-14-3-1-2-13(8-14)20(25)22-19-17(11-4-5-11)23-24-18(19)12-6-7-15-16(9-12)27-10-26-15/h1-3,6-9,11H,4-5,10H2,(H,22,25)(H,23,24). The van der Waals surface area contributed by atoms with E-state index in [4.69, 9.17) is 9.47 Å². The Morgan fingerprint density at radius 2 is 2.00 bits per heavy atom. The smallest absolute Gasteiger partial charge is 0.255 e. The van der Waals surface area contributed by atoms with Crippen molar-refractivity contribution >= 4 is 11.6 Å². The Bertz CT molecular complexity index is 1040. The third-order valence-corrected chi connectivity index (χ3v) is 4.75. The van der Waals surface area contributed by atoms with Gasteiger partial charge < -0.3 is 14.8 Å². The minimum atomic E-state index is -0.451. The summed E-state index contributed by atoms with van der Waals surface area (Å²) < 4.78 is 24.3. The highest BCUT2D eigenvalue weighted by atomic mass is 19.1. The molecule has 0 saturated heterocycles. The molecule has 6 nitrogen and oxygen atoms in total. The van der Waals surface area contributed by atoms with Crippen LogP contribution in [0.25, 0.3) is 11.3 Å². The Labute approximate surface area is 154 Å². The summed E-state index contributed by atoms with van der Waals surface area (Å²) in [6.07, 6.45) is 2.09. The summed E-state index contributed by atoms with van der Waals surface area (Å²) in [7, 11) is 0. The average molecular weight is 365 g/mol. The van der Waals surface area contributed by atoms with Gasteiger partial charge in [0.05, 0.1) is 11.4 Å². The Balaban J connectivity index is 1.53. The summed E-state index contributed by atoms with van der Waals surface area (Å²) in [5, 5.41) is 10.4. The summed E-state index contributed by atoms with van der Waals surface area (Å²) in [6, 6.07) is 11.1. The van der Waals surface area contributed by atoms with Crippen molar-refractivity contribution < 1.29 is 18.7 Å². The van der Waals surface area contributed by atoms with Crippen molar-refractivity contribution in [2.45, 2.75) is 18.8 Å². The van der Waals surface area contributed by atoms with Gasteiger partial charge in [-0.3, -0.25) is 9.89 Å². The first-order valence-corrected chi connectivity index (χ1v) is 8.74. The number of fused-ring (bicyclic) bond motifs is 1. The van der Waals surface area contributed by atoms with Gasteiger partial charge >= 0.3 is 0 Å². The molecule has 1 aromatic heterocycles. The zero-order valence-corrected chi connectivity index (χ0v) is 14.3. The van der Waals surface area contributed by atoms with Crippen LogP contribution >= 0.6 is 0 Å². The topological polar surface area (TPSA) is 76.2 Å². The Kier molecular flexibility index (Phi) is 3.60. The Hall–Kier alpha value is -3.35. The molecule has 7 heteroatoms. The number of H-pyrrole nitrogens is 1. The lowest BCUT2D eigenvalue weighted by Crippen LogP contribution is -2.13. The molecular weight excluding hydrogens is 349 g/mol. The number of hydrogen-bond donors (Lipinski definition) is 2. The van der Waals surface area contributed by atoms with Gasteiger partial charge in [0, 0.05) is 17.0 Å². The number of rotatable bonds is 4. The number of halogens is 1. The molecule has 27 heavy (non-hydrogen) atoms. The Morgan fingerprint density at radius 1 is 1.15 bits per heavy atom. The van der Waals surface area contributed by atoms with Crippen LogP contribution in [0, 0.1) is 5.82 Å². The van der Waals surface area contributed by atoms with E-state index < -0.39 is 5.82 Å². The van der Waals surface area contributed by atoms with Crippen molar-refractivity contribution in [3.05, 3.63) is 59.5 Å². The van der Waals surface area contributed by atoms with E-state index in [9.17, 15) is 9.18 Å². The number of nitrogens with zero attached hydrogens (tertiary/aromatic N) is 1. The van der Waals surface area contributed by atoms with Crippen molar-refractivity contribution in [2.75, 3.05) is 12.1 Å². The number of hydrogen-bond acceptors (Lipinski definition) is 4. The lowest BCUT2D eigenvalue weighted by molar-refractivity contribution is 0.102. The van der Waals surface area contributed by atoms with Gasteiger partial charge in [0.15, 0.2) is 11.5 Å². The predicted octanol–water partition coefficient (Wildman–Crippen LogP) is 4.07. The minimum absolute atomic E-state index is 0.190. The third-order valence-electron chi connectivity index (χ3n) is 4.75.